The molecule has 2 heteroatoms. The van der Waals surface area contributed by atoms with Crippen LogP contribution in [0.1, 0.15) is 11.1 Å². The van der Waals surface area contributed by atoms with E-state index in [1.54, 1.807) is 12.5 Å². The molecule has 0 heterocycles. The fraction of sp³-hybridized carbons (Fsp3) is 0.125. The number of benzene rings is 2. The van der Waals surface area contributed by atoms with Gasteiger partial charge in [0.15, 0.2) is 0 Å². The summed E-state index contributed by atoms with van der Waals surface area (Å²) in [5.41, 5.74) is 2.29. The minimum absolute atomic E-state index is 0.562. The Bertz CT molecular complexity index is 417. The molecule has 2 nitrogen and oxygen atoms in total. The van der Waals surface area contributed by atoms with Crippen LogP contribution >= 0.6 is 0 Å². The molecule has 0 atom stereocenters. The van der Waals surface area contributed by atoms with Crippen molar-refractivity contribution in [3.63, 3.8) is 0 Å². The van der Waals surface area contributed by atoms with Gasteiger partial charge in [0.2, 0.25) is 0 Å². The minimum Gasteiger partial charge on any atom is -0.493 e. The summed E-state index contributed by atoms with van der Waals surface area (Å²) in [7, 11) is 0. The Labute approximate surface area is 107 Å². The SMILES string of the molecule is C(=C\OCc1ccccc1)/OCc1ccccc1. The monoisotopic (exact) mass is 240 g/mol. The van der Waals surface area contributed by atoms with Gasteiger partial charge in [0.05, 0.1) is 0 Å². The van der Waals surface area contributed by atoms with Crippen molar-refractivity contribution in [3.05, 3.63) is 84.3 Å². The third-order valence-electron chi connectivity index (χ3n) is 2.43. The first-order valence-electron chi connectivity index (χ1n) is 5.91. The molecule has 0 spiro atoms. The molecule has 0 radical (unpaired) electrons. The van der Waals surface area contributed by atoms with Crippen LogP contribution in [-0.4, -0.2) is 0 Å². The lowest BCUT2D eigenvalue weighted by atomic mass is 10.2. The number of rotatable bonds is 6. The largest absolute Gasteiger partial charge is 0.493 e. The molecular weight excluding hydrogens is 224 g/mol. The van der Waals surface area contributed by atoms with Crippen LogP contribution in [0.3, 0.4) is 0 Å². The Morgan fingerprint density at radius 3 is 1.39 bits per heavy atom. The van der Waals surface area contributed by atoms with Gasteiger partial charge in [-0.1, -0.05) is 60.7 Å². The molecule has 0 N–H and O–H groups in total. The molecular formula is C16H16O2. The summed E-state index contributed by atoms with van der Waals surface area (Å²) in [6.07, 6.45) is 3.16. The van der Waals surface area contributed by atoms with Gasteiger partial charge in [-0.05, 0) is 11.1 Å². The van der Waals surface area contributed by atoms with Gasteiger partial charge in [-0.2, -0.15) is 0 Å². The minimum atomic E-state index is 0.562. The fourth-order valence-corrected chi connectivity index (χ4v) is 1.52. The van der Waals surface area contributed by atoms with Crippen molar-refractivity contribution < 1.29 is 9.47 Å². The highest BCUT2D eigenvalue weighted by Gasteiger charge is 1.89. The van der Waals surface area contributed by atoms with Gasteiger partial charge in [0, 0.05) is 0 Å². The first kappa shape index (κ1) is 12.2. The lowest BCUT2D eigenvalue weighted by Gasteiger charge is -2.02. The third-order valence-corrected chi connectivity index (χ3v) is 2.43. The second kappa shape index (κ2) is 7.17. The lowest BCUT2D eigenvalue weighted by Crippen LogP contribution is -1.87. The molecule has 2 aromatic rings. The van der Waals surface area contributed by atoms with E-state index in [1.807, 2.05) is 60.7 Å². The maximum absolute atomic E-state index is 5.35. The third kappa shape index (κ3) is 4.34. The van der Waals surface area contributed by atoms with Crippen molar-refractivity contribution in [1.82, 2.24) is 0 Å². The maximum atomic E-state index is 5.35. The zero-order valence-corrected chi connectivity index (χ0v) is 10.2. The van der Waals surface area contributed by atoms with Crippen LogP contribution in [0, 0.1) is 0 Å². The predicted octanol–water partition coefficient (Wildman–Crippen LogP) is 3.89. The van der Waals surface area contributed by atoms with Gasteiger partial charge < -0.3 is 9.47 Å². The summed E-state index contributed by atoms with van der Waals surface area (Å²) >= 11 is 0. The van der Waals surface area contributed by atoms with E-state index in [1.165, 1.54) is 0 Å². The van der Waals surface area contributed by atoms with E-state index in [4.69, 9.17) is 9.47 Å². The quantitative estimate of drug-likeness (QED) is 0.713. The van der Waals surface area contributed by atoms with Gasteiger partial charge >= 0.3 is 0 Å². The average Bonchev–Trinajstić information content (AvgIpc) is 2.45. The van der Waals surface area contributed by atoms with Gasteiger partial charge in [-0.3, -0.25) is 0 Å². The molecule has 0 aliphatic rings. The van der Waals surface area contributed by atoms with E-state index < -0.39 is 0 Å². The first-order valence-corrected chi connectivity index (χ1v) is 5.91. The molecule has 0 saturated carbocycles. The van der Waals surface area contributed by atoms with E-state index in [0.717, 1.165) is 11.1 Å². The molecule has 2 rings (SSSR count). The summed E-state index contributed by atoms with van der Waals surface area (Å²) in [6.45, 7) is 1.12. The maximum Gasteiger partial charge on any atom is 0.118 e. The molecule has 18 heavy (non-hydrogen) atoms. The molecule has 0 amide bonds. The summed E-state index contributed by atoms with van der Waals surface area (Å²) in [5.74, 6) is 0. The van der Waals surface area contributed by atoms with Crippen LogP contribution < -0.4 is 0 Å². The summed E-state index contributed by atoms with van der Waals surface area (Å²) < 4.78 is 10.7. The van der Waals surface area contributed by atoms with Crippen molar-refractivity contribution in [2.24, 2.45) is 0 Å². The van der Waals surface area contributed by atoms with Crippen LogP contribution in [0.4, 0.5) is 0 Å². The Kier molecular flexibility index (Phi) is 4.88. The van der Waals surface area contributed by atoms with Crippen LogP contribution in [0.2, 0.25) is 0 Å². The Morgan fingerprint density at radius 1 is 0.611 bits per heavy atom. The normalized spacial score (nSPS) is 10.4. The number of hydrogen-bond acceptors (Lipinski definition) is 2. The standard InChI is InChI=1S/C16H16O2/c1-3-7-15(8-4-1)13-17-11-12-18-14-16-9-5-2-6-10-16/h1-12H,13-14H2/b12-11+. The molecule has 0 aromatic heterocycles. The lowest BCUT2D eigenvalue weighted by molar-refractivity contribution is 0.190. The van der Waals surface area contributed by atoms with Gasteiger partial charge in [-0.25, -0.2) is 0 Å². The predicted molar refractivity (Wildman–Crippen MR) is 71.6 cm³/mol. The van der Waals surface area contributed by atoms with E-state index in [0.29, 0.717) is 13.2 Å². The van der Waals surface area contributed by atoms with E-state index >= 15 is 0 Å². The second-order valence-electron chi connectivity index (χ2n) is 3.87. The highest BCUT2D eigenvalue weighted by Crippen LogP contribution is 2.02. The van der Waals surface area contributed by atoms with E-state index in [9.17, 15) is 0 Å². The first-order chi connectivity index (χ1) is 8.95. The molecule has 0 saturated heterocycles. The summed E-state index contributed by atoms with van der Waals surface area (Å²) in [4.78, 5) is 0. The highest BCUT2D eigenvalue weighted by molar-refractivity contribution is 5.14. The fourth-order valence-electron chi connectivity index (χ4n) is 1.52. The Hall–Kier alpha value is -2.22. The molecule has 92 valence electrons. The van der Waals surface area contributed by atoms with Crippen LogP contribution in [-0.2, 0) is 22.7 Å². The zero-order chi connectivity index (χ0) is 12.5. The van der Waals surface area contributed by atoms with Gasteiger partial charge in [0.1, 0.15) is 25.7 Å². The smallest absolute Gasteiger partial charge is 0.118 e. The summed E-state index contributed by atoms with van der Waals surface area (Å²) in [6, 6.07) is 20.1. The second-order valence-corrected chi connectivity index (χ2v) is 3.87. The zero-order valence-electron chi connectivity index (χ0n) is 10.2. The van der Waals surface area contributed by atoms with Crippen LogP contribution in [0.25, 0.3) is 0 Å². The average molecular weight is 240 g/mol. The van der Waals surface area contributed by atoms with E-state index in [-0.39, 0.29) is 0 Å². The molecule has 0 fully saturated rings. The van der Waals surface area contributed by atoms with Crippen molar-refractivity contribution >= 4 is 0 Å². The number of ether oxygens (including phenoxy) is 2. The van der Waals surface area contributed by atoms with Crippen LogP contribution in [0.5, 0.6) is 0 Å². The van der Waals surface area contributed by atoms with Gasteiger partial charge in [-0.15, -0.1) is 0 Å². The topological polar surface area (TPSA) is 18.5 Å². The molecule has 0 unspecified atom stereocenters. The Morgan fingerprint density at radius 2 is 1.00 bits per heavy atom. The van der Waals surface area contributed by atoms with Crippen LogP contribution in [0.15, 0.2) is 73.2 Å². The number of hydrogen-bond donors (Lipinski definition) is 0. The Balaban J connectivity index is 1.64. The molecule has 0 aliphatic carbocycles. The van der Waals surface area contributed by atoms with Crippen molar-refractivity contribution in [3.8, 4) is 0 Å². The highest BCUT2D eigenvalue weighted by atomic mass is 16.5. The van der Waals surface area contributed by atoms with Crippen molar-refractivity contribution in [1.29, 1.82) is 0 Å². The van der Waals surface area contributed by atoms with E-state index in [2.05, 4.69) is 0 Å². The molecule has 0 aliphatic heterocycles. The summed E-state index contributed by atoms with van der Waals surface area (Å²) in [5, 5.41) is 0. The van der Waals surface area contributed by atoms with Gasteiger partial charge in [0.25, 0.3) is 0 Å². The molecule has 0 bridgehead atoms. The molecule has 2 aromatic carbocycles. The van der Waals surface area contributed by atoms with Crippen molar-refractivity contribution in [2.75, 3.05) is 0 Å². The van der Waals surface area contributed by atoms with Crippen molar-refractivity contribution in [2.45, 2.75) is 13.2 Å².